The van der Waals surface area contributed by atoms with Crippen LogP contribution in [0.4, 0.5) is 0 Å². The fourth-order valence-corrected chi connectivity index (χ4v) is 6.23. The van der Waals surface area contributed by atoms with E-state index >= 15 is 0 Å². The molecular weight excluding hydrogens is 600 g/mol. The van der Waals surface area contributed by atoms with Gasteiger partial charge in [-0.3, -0.25) is 9.59 Å². The van der Waals surface area contributed by atoms with Crippen molar-refractivity contribution >= 4 is 33.6 Å². The van der Waals surface area contributed by atoms with Crippen molar-refractivity contribution in [1.29, 1.82) is 0 Å². The lowest BCUT2D eigenvalue weighted by Gasteiger charge is -2.35. The number of ether oxygens (including phenoxy) is 2. The van der Waals surface area contributed by atoms with Crippen LogP contribution in [0.3, 0.4) is 0 Å². The van der Waals surface area contributed by atoms with Gasteiger partial charge in [-0.1, -0.05) is 36.4 Å². The Morgan fingerprint density at radius 1 is 0.562 bits per heavy atom. The van der Waals surface area contributed by atoms with Crippen LogP contribution in [0.15, 0.2) is 109 Å². The van der Waals surface area contributed by atoms with Crippen LogP contribution in [-0.4, -0.2) is 71.0 Å². The van der Waals surface area contributed by atoms with Crippen molar-refractivity contribution in [3.8, 4) is 34.0 Å². The molecule has 0 radical (unpaired) electrons. The Kier molecular flexibility index (Phi) is 8.71. The molecule has 1 saturated heterocycles. The van der Waals surface area contributed by atoms with E-state index in [0.29, 0.717) is 50.5 Å². The Morgan fingerprint density at radius 3 is 1.31 bits per heavy atom. The molecule has 0 spiro atoms. The van der Waals surface area contributed by atoms with Gasteiger partial charge in [0.15, 0.2) is 0 Å². The van der Waals surface area contributed by atoms with Crippen LogP contribution in [0.2, 0.25) is 0 Å². The summed E-state index contributed by atoms with van der Waals surface area (Å²) < 4.78 is 11.2. The highest BCUT2D eigenvalue weighted by Crippen LogP contribution is 2.30. The first-order valence-electron chi connectivity index (χ1n) is 16.4. The zero-order valence-electron chi connectivity index (χ0n) is 27.1. The molecule has 7 rings (SSSR count). The first-order chi connectivity index (χ1) is 23.5. The molecule has 1 fully saturated rings. The summed E-state index contributed by atoms with van der Waals surface area (Å²) in [5, 5.41) is 1.61. The third-order valence-corrected chi connectivity index (χ3v) is 8.67. The van der Waals surface area contributed by atoms with Crippen LogP contribution in [0.5, 0.6) is 11.5 Å². The van der Waals surface area contributed by atoms with E-state index in [0.717, 1.165) is 55.8 Å². The predicted octanol–water partition coefficient (Wildman–Crippen LogP) is 7.51. The molecule has 8 nitrogen and oxygen atoms in total. The molecular formula is C40H36N4O4. The number of fused-ring (bicyclic) bond motifs is 2. The second-order valence-corrected chi connectivity index (χ2v) is 11.6. The summed E-state index contributed by atoms with van der Waals surface area (Å²) in [6, 6.07) is 34.7. The van der Waals surface area contributed by atoms with Crippen molar-refractivity contribution in [3.63, 3.8) is 0 Å². The molecule has 0 N–H and O–H groups in total. The number of pyridine rings is 2. The SMILES string of the molecule is CCOc1ccc(-c2cc(C(=O)N3CCN(C(=O)c4cc(-c5ccc(OCC)cc5)nc5ccccc45)CC3)c3ccccc3n2)cc1. The van der Waals surface area contributed by atoms with Crippen LogP contribution in [-0.2, 0) is 0 Å². The van der Waals surface area contributed by atoms with E-state index in [1.54, 1.807) is 0 Å². The number of benzene rings is 4. The average molecular weight is 637 g/mol. The van der Waals surface area contributed by atoms with Gasteiger partial charge < -0.3 is 19.3 Å². The Hall–Kier alpha value is -5.76. The standard InChI is InChI=1S/C40H36N4O4/c1-3-47-29-17-13-27(14-18-29)37-25-33(31-9-5-7-11-35(31)41-37)39(45)43-21-23-44(24-22-43)40(46)34-26-38(42-36-12-8-6-10-32(34)36)28-15-19-30(20-16-28)48-4-2/h5-20,25-26H,3-4,21-24H2,1-2H3. The molecule has 2 amide bonds. The molecule has 0 unspecified atom stereocenters. The van der Waals surface area contributed by atoms with E-state index in [-0.39, 0.29) is 11.8 Å². The number of nitrogens with zero attached hydrogens (tertiary/aromatic N) is 4. The number of rotatable bonds is 8. The predicted molar refractivity (Wildman–Crippen MR) is 189 cm³/mol. The summed E-state index contributed by atoms with van der Waals surface area (Å²) in [6.07, 6.45) is 0. The molecule has 4 aromatic carbocycles. The Morgan fingerprint density at radius 2 is 0.938 bits per heavy atom. The largest absolute Gasteiger partial charge is 0.494 e. The number of para-hydroxylation sites is 2. The second-order valence-electron chi connectivity index (χ2n) is 11.6. The summed E-state index contributed by atoms with van der Waals surface area (Å²) in [6.45, 7) is 6.79. The fourth-order valence-electron chi connectivity index (χ4n) is 6.23. The maximum atomic E-state index is 14.1. The average Bonchev–Trinajstić information content (AvgIpc) is 3.14. The van der Waals surface area contributed by atoms with Crippen molar-refractivity contribution in [1.82, 2.24) is 19.8 Å². The molecule has 6 aromatic rings. The van der Waals surface area contributed by atoms with E-state index in [9.17, 15) is 9.59 Å². The first-order valence-corrected chi connectivity index (χ1v) is 16.4. The number of hydrogen-bond donors (Lipinski definition) is 0. The molecule has 0 atom stereocenters. The lowest BCUT2D eigenvalue weighted by Crippen LogP contribution is -2.50. The summed E-state index contributed by atoms with van der Waals surface area (Å²) in [5.41, 5.74) is 5.98. The van der Waals surface area contributed by atoms with Gasteiger partial charge in [-0.2, -0.15) is 0 Å². The third kappa shape index (κ3) is 6.17. The molecule has 3 heterocycles. The normalized spacial score (nSPS) is 13.1. The van der Waals surface area contributed by atoms with Crippen LogP contribution < -0.4 is 9.47 Å². The number of carbonyl (C=O) groups is 2. The molecule has 8 heteroatoms. The van der Waals surface area contributed by atoms with Gasteiger partial charge in [0.2, 0.25) is 0 Å². The molecule has 48 heavy (non-hydrogen) atoms. The highest BCUT2D eigenvalue weighted by atomic mass is 16.5. The van der Waals surface area contributed by atoms with Crippen molar-refractivity contribution in [2.45, 2.75) is 13.8 Å². The maximum Gasteiger partial charge on any atom is 0.254 e. The molecule has 1 aliphatic rings. The smallest absolute Gasteiger partial charge is 0.254 e. The van der Waals surface area contributed by atoms with Gasteiger partial charge in [0.1, 0.15) is 11.5 Å². The number of hydrogen-bond acceptors (Lipinski definition) is 6. The number of carbonyl (C=O) groups excluding carboxylic acids is 2. The van der Waals surface area contributed by atoms with Crippen molar-refractivity contribution in [3.05, 3.63) is 120 Å². The summed E-state index contributed by atoms with van der Waals surface area (Å²) >= 11 is 0. The van der Waals surface area contributed by atoms with E-state index in [1.165, 1.54) is 0 Å². The van der Waals surface area contributed by atoms with Gasteiger partial charge in [0.25, 0.3) is 11.8 Å². The van der Waals surface area contributed by atoms with Gasteiger partial charge in [-0.25, -0.2) is 9.97 Å². The van der Waals surface area contributed by atoms with Gasteiger partial charge in [-0.15, -0.1) is 0 Å². The van der Waals surface area contributed by atoms with Gasteiger partial charge in [0, 0.05) is 48.1 Å². The van der Waals surface area contributed by atoms with E-state index < -0.39 is 0 Å². The summed E-state index contributed by atoms with van der Waals surface area (Å²) in [7, 11) is 0. The van der Waals surface area contributed by atoms with Gasteiger partial charge in [-0.05, 0) is 86.6 Å². The fraction of sp³-hybridized carbons (Fsp3) is 0.200. The lowest BCUT2D eigenvalue weighted by molar-refractivity contribution is 0.0537. The molecule has 0 saturated carbocycles. The third-order valence-electron chi connectivity index (χ3n) is 8.67. The maximum absolute atomic E-state index is 14.1. The number of aromatic nitrogens is 2. The zero-order chi connectivity index (χ0) is 33.0. The van der Waals surface area contributed by atoms with Crippen LogP contribution in [0.25, 0.3) is 44.3 Å². The molecule has 1 aliphatic heterocycles. The van der Waals surface area contributed by atoms with Crippen molar-refractivity contribution in [2.75, 3.05) is 39.4 Å². The quantitative estimate of drug-likeness (QED) is 0.172. The van der Waals surface area contributed by atoms with E-state index in [1.807, 2.05) is 133 Å². The minimum Gasteiger partial charge on any atom is -0.494 e. The van der Waals surface area contributed by atoms with Crippen LogP contribution >= 0.6 is 0 Å². The minimum atomic E-state index is -0.0694. The van der Waals surface area contributed by atoms with Crippen LogP contribution in [0.1, 0.15) is 34.6 Å². The highest BCUT2D eigenvalue weighted by molar-refractivity contribution is 6.08. The monoisotopic (exact) mass is 636 g/mol. The summed E-state index contributed by atoms with van der Waals surface area (Å²) in [5.74, 6) is 1.44. The van der Waals surface area contributed by atoms with E-state index in [4.69, 9.17) is 19.4 Å². The second kappa shape index (κ2) is 13.5. The Balaban J connectivity index is 1.13. The van der Waals surface area contributed by atoms with E-state index in [2.05, 4.69) is 0 Å². The first kappa shape index (κ1) is 30.9. The lowest BCUT2D eigenvalue weighted by atomic mass is 10.0. The molecule has 2 aromatic heterocycles. The topological polar surface area (TPSA) is 84.9 Å². The zero-order valence-corrected chi connectivity index (χ0v) is 27.1. The Labute approximate surface area is 279 Å². The summed E-state index contributed by atoms with van der Waals surface area (Å²) in [4.78, 5) is 41.6. The minimum absolute atomic E-state index is 0.0694. The highest BCUT2D eigenvalue weighted by Gasteiger charge is 2.28. The van der Waals surface area contributed by atoms with Crippen molar-refractivity contribution < 1.29 is 19.1 Å². The molecule has 240 valence electrons. The number of piperazine rings is 1. The molecule has 0 aliphatic carbocycles. The Bertz CT molecular complexity index is 1950. The van der Waals surface area contributed by atoms with Crippen molar-refractivity contribution in [2.24, 2.45) is 0 Å². The van der Waals surface area contributed by atoms with Gasteiger partial charge >= 0.3 is 0 Å². The van der Waals surface area contributed by atoms with Crippen LogP contribution in [0, 0.1) is 0 Å². The number of amides is 2. The van der Waals surface area contributed by atoms with Gasteiger partial charge in [0.05, 0.1) is 46.8 Å². The molecule has 0 bridgehead atoms.